The molecule has 1 atom stereocenters. The van der Waals surface area contributed by atoms with E-state index in [0.29, 0.717) is 16.1 Å². The molecule has 0 amide bonds. The van der Waals surface area contributed by atoms with Crippen LogP contribution in [0.4, 0.5) is 13.2 Å². The average Bonchev–Trinajstić information content (AvgIpc) is 3.15. The quantitative estimate of drug-likeness (QED) is 0.330. The van der Waals surface area contributed by atoms with Crippen LogP contribution in [0.15, 0.2) is 79.0 Å². The zero-order valence-corrected chi connectivity index (χ0v) is 19.7. The van der Waals surface area contributed by atoms with Crippen LogP contribution in [-0.4, -0.2) is 19.2 Å². The fourth-order valence-corrected chi connectivity index (χ4v) is 5.32. The summed E-state index contributed by atoms with van der Waals surface area (Å²) in [6.07, 6.45) is -3.62. The summed E-state index contributed by atoms with van der Waals surface area (Å²) in [5.74, 6) is -0.595. The molecule has 35 heavy (non-hydrogen) atoms. The molecule has 4 aromatic rings. The van der Waals surface area contributed by atoms with Crippen molar-refractivity contribution in [1.82, 2.24) is 9.29 Å². The van der Waals surface area contributed by atoms with Gasteiger partial charge in [-0.3, -0.25) is 0 Å². The number of nitrogens with one attached hydrogen (secondary N) is 1. The summed E-state index contributed by atoms with van der Waals surface area (Å²) >= 11 is 5.93. The molecule has 10 heteroatoms. The lowest BCUT2D eigenvalue weighted by atomic mass is 10.0. The second-order valence-electron chi connectivity index (χ2n) is 8.02. The summed E-state index contributed by atoms with van der Waals surface area (Å²) in [7, 11) is -4.35. The predicted molar refractivity (Wildman–Crippen MR) is 128 cm³/mol. The molecule has 0 spiro atoms. The Labute approximate surface area is 205 Å². The number of hydrogen-bond donors (Lipinski definition) is 1. The molecule has 0 saturated carbocycles. The lowest BCUT2D eigenvalue weighted by Crippen LogP contribution is -2.38. The molecule has 1 N–H and O–H groups in total. The zero-order valence-electron chi connectivity index (χ0n) is 18.1. The molecule has 0 fully saturated rings. The molecular formula is C25H19ClF3N3O2S. The van der Waals surface area contributed by atoms with Crippen molar-refractivity contribution >= 4 is 32.5 Å². The molecule has 3 aromatic carbocycles. The van der Waals surface area contributed by atoms with Gasteiger partial charge in [0.05, 0.1) is 17.4 Å². The molecule has 0 radical (unpaired) electrons. The highest BCUT2D eigenvalue weighted by Crippen LogP contribution is 2.38. The van der Waals surface area contributed by atoms with Gasteiger partial charge in [0.25, 0.3) is 0 Å². The summed E-state index contributed by atoms with van der Waals surface area (Å²) < 4.78 is 71.5. The van der Waals surface area contributed by atoms with E-state index >= 15 is 0 Å². The van der Waals surface area contributed by atoms with E-state index in [-0.39, 0.29) is 23.1 Å². The Morgan fingerprint density at radius 2 is 1.69 bits per heavy atom. The van der Waals surface area contributed by atoms with Crippen molar-refractivity contribution in [1.29, 1.82) is 5.26 Å². The SMILES string of the molecule is N#Cc1ccc2c(C(NS(=O)(=O)Cc3ccccc3)C(F)(F)F)cn(Cc3ccc(Cl)cc3)c2c1. The molecule has 1 unspecified atom stereocenters. The third kappa shape index (κ3) is 5.85. The first-order valence-electron chi connectivity index (χ1n) is 10.4. The monoisotopic (exact) mass is 517 g/mol. The topological polar surface area (TPSA) is 74.9 Å². The number of halogens is 4. The highest BCUT2D eigenvalue weighted by molar-refractivity contribution is 7.88. The van der Waals surface area contributed by atoms with Crippen LogP contribution in [0, 0.1) is 11.3 Å². The van der Waals surface area contributed by atoms with Gasteiger partial charge < -0.3 is 4.57 Å². The van der Waals surface area contributed by atoms with Gasteiger partial charge in [-0.05, 0) is 35.4 Å². The molecule has 0 aliphatic carbocycles. The van der Waals surface area contributed by atoms with Crippen molar-refractivity contribution in [3.63, 3.8) is 0 Å². The van der Waals surface area contributed by atoms with Crippen molar-refractivity contribution in [2.45, 2.75) is 24.5 Å². The van der Waals surface area contributed by atoms with E-state index in [1.807, 2.05) is 10.8 Å². The number of sulfonamides is 1. The van der Waals surface area contributed by atoms with Crippen LogP contribution >= 0.6 is 11.6 Å². The number of nitrogens with zero attached hydrogens (tertiary/aromatic N) is 2. The highest BCUT2D eigenvalue weighted by atomic mass is 35.5. The Morgan fingerprint density at radius 3 is 2.31 bits per heavy atom. The van der Waals surface area contributed by atoms with Crippen molar-refractivity contribution in [2.24, 2.45) is 0 Å². The van der Waals surface area contributed by atoms with Gasteiger partial charge in [-0.15, -0.1) is 0 Å². The molecule has 0 aliphatic heterocycles. The predicted octanol–water partition coefficient (Wildman–Crippen LogP) is 5.94. The zero-order chi connectivity index (χ0) is 25.2. The number of aromatic nitrogens is 1. The first-order chi connectivity index (χ1) is 16.6. The molecule has 1 aromatic heterocycles. The highest BCUT2D eigenvalue weighted by Gasteiger charge is 2.44. The molecule has 0 bridgehead atoms. The van der Waals surface area contributed by atoms with Gasteiger partial charge in [0.1, 0.15) is 6.04 Å². The Kier molecular flexibility index (Phi) is 6.90. The minimum Gasteiger partial charge on any atom is -0.343 e. The Hall–Kier alpha value is -3.32. The normalized spacial score (nSPS) is 13.0. The average molecular weight is 518 g/mol. The fourth-order valence-electron chi connectivity index (χ4n) is 3.86. The number of hydrogen-bond acceptors (Lipinski definition) is 3. The van der Waals surface area contributed by atoms with E-state index in [2.05, 4.69) is 0 Å². The molecule has 1 heterocycles. The lowest BCUT2D eigenvalue weighted by molar-refractivity contribution is -0.152. The van der Waals surface area contributed by atoms with E-state index in [0.717, 1.165) is 5.56 Å². The van der Waals surface area contributed by atoms with Crippen LogP contribution in [0.1, 0.15) is 28.3 Å². The second kappa shape index (κ2) is 9.74. The van der Waals surface area contributed by atoms with E-state index in [4.69, 9.17) is 11.6 Å². The van der Waals surface area contributed by atoms with Crippen LogP contribution in [0.5, 0.6) is 0 Å². The van der Waals surface area contributed by atoms with Gasteiger partial charge >= 0.3 is 6.18 Å². The van der Waals surface area contributed by atoms with Crippen LogP contribution in [0.25, 0.3) is 10.9 Å². The third-order valence-electron chi connectivity index (χ3n) is 5.44. The lowest BCUT2D eigenvalue weighted by Gasteiger charge is -2.21. The molecule has 0 saturated heterocycles. The first kappa shape index (κ1) is 24.8. The molecular weight excluding hydrogens is 499 g/mol. The number of nitriles is 1. The van der Waals surface area contributed by atoms with Gasteiger partial charge in [-0.25, -0.2) is 8.42 Å². The van der Waals surface area contributed by atoms with E-state index < -0.39 is 28.0 Å². The van der Waals surface area contributed by atoms with Crippen molar-refractivity contribution in [3.8, 4) is 6.07 Å². The standard InChI is InChI=1S/C25H19ClF3N3O2S/c26-20-9-6-17(7-10-20)14-32-15-22(21-11-8-19(13-30)12-23(21)32)24(25(27,28)29)31-35(33,34)16-18-4-2-1-3-5-18/h1-12,15,24,31H,14,16H2. The third-order valence-corrected chi connectivity index (χ3v) is 7.00. The van der Waals surface area contributed by atoms with Crippen molar-refractivity contribution in [2.75, 3.05) is 0 Å². The van der Waals surface area contributed by atoms with Gasteiger partial charge in [-0.1, -0.05) is 60.1 Å². The van der Waals surface area contributed by atoms with Gasteiger partial charge in [0.15, 0.2) is 0 Å². The van der Waals surface area contributed by atoms with Crippen molar-refractivity contribution in [3.05, 3.63) is 106 Å². The molecule has 0 aliphatic rings. The Balaban J connectivity index is 1.78. The van der Waals surface area contributed by atoms with E-state index in [1.165, 1.54) is 36.5 Å². The van der Waals surface area contributed by atoms with E-state index in [1.54, 1.807) is 47.0 Å². The summed E-state index contributed by atoms with van der Waals surface area (Å²) in [5.41, 5.74) is 1.54. The smallest absolute Gasteiger partial charge is 0.343 e. The second-order valence-corrected chi connectivity index (χ2v) is 10.2. The summed E-state index contributed by atoms with van der Waals surface area (Å²) in [5, 5.41) is 10.0. The largest absolute Gasteiger partial charge is 0.408 e. The Bertz CT molecular complexity index is 1490. The van der Waals surface area contributed by atoms with Gasteiger partial charge in [0.2, 0.25) is 10.0 Å². The maximum absolute atomic E-state index is 14.2. The van der Waals surface area contributed by atoms with Gasteiger partial charge in [0, 0.05) is 34.2 Å². The molecule has 4 rings (SSSR count). The van der Waals surface area contributed by atoms with Crippen LogP contribution in [-0.2, 0) is 22.3 Å². The number of benzene rings is 3. The maximum Gasteiger partial charge on any atom is 0.408 e. The van der Waals surface area contributed by atoms with Crippen LogP contribution < -0.4 is 4.72 Å². The van der Waals surface area contributed by atoms with Crippen LogP contribution in [0.3, 0.4) is 0 Å². The van der Waals surface area contributed by atoms with Crippen molar-refractivity contribution < 1.29 is 21.6 Å². The van der Waals surface area contributed by atoms with E-state index in [9.17, 15) is 26.9 Å². The molecule has 180 valence electrons. The first-order valence-corrected chi connectivity index (χ1v) is 12.5. The maximum atomic E-state index is 14.2. The number of fused-ring (bicyclic) bond motifs is 1. The summed E-state index contributed by atoms with van der Waals surface area (Å²) in [6, 6.07) is 18.6. The minimum atomic E-state index is -4.91. The van der Waals surface area contributed by atoms with Crippen LogP contribution in [0.2, 0.25) is 5.02 Å². The number of alkyl halides is 3. The summed E-state index contributed by atoms with van der Waals surface area (Å²) in [4.78, 5) is 0. The summed E-state index contributed by atoms with van der Waals surface area (Å²) in [6.45, 7) is 0.198. The number of rotatable bonds is 7. The molecule has 5 nitrogen and oxygen atoms in total. The minimum absolute atomic E-state index is 0.197. The van der Waals surface area contributed by atoms with Gasteiger partial charge in [-0.2, -0.15) is 23.2 Å². The fraction of sp³-hybridized carbons (Fsp3) is 0.160. The Morgan fingerprint density at radius 1 is 1.00 bits per heavy atom.